The highest BCUT2D eigenvalue weighted by atomic mass is 32.2. The van der Waals surface area contributed by atoms with E-state index in [0.717, 1.165) is 24.1 Å². The molecule has 1 heterocycles. The van der Waals surface area contributed by atoms with Gasteiger partial charge in [0.1, 0.15) is 0 Å². The lowest BCUT2D eigenvalue weighted by Gasteiger charge is -2.26. The van der Waals surface area contributed by atoms with Crippen LogP contribution >= 0.6 is 0 Å². The van der Waals surface area contributed by atoms with Crippen LogP contribution in [0.2, 0.25) is 0 Å². The first-order valence-corrected chi connectivity index (χ1v) is 9.41. The first-order valence-electron chi connectivity index (χ1n) is 7.92. The van der Waals surface area contributed by atoms with Gasteiger partial charge in [0.25, 0.3) is 0 Å². The topological polar surface area (TPSA) is 86.7 Å². The van der Waals surface area contributed by atoms with E-state index < -0.39 is 15.6 Å². The molecule has 2 aliphatic rings. The lowest BCUT2D eigenvalue weighted by atomic mass is 10.0. The highest BCUT2D eigenvalue weighted by Crippen LogP contribution is 2.31. The molecule has 2 N–H and O–H groups in total. The fourth-order valence-electron chi connectivity index (χ4n) is 3.32. The van der Waals surface area contributed by atoms with Crippen LogP contribution in [0.5, 0.6) is 0 Å². The first-order chi connectivity index (χ1) is 10.8. The first kappa shape index (κ1) is 16.4. The number of hydrogen-bond acceptors (Lipinski definition) is 4. The zero-order valence-corrected chi connectivity index (χ0v) is 14.0. The third-order valence-electron chi connectivity index (χ3n) is 4.83. The Kier molecular flexibility index (Phi) is 4.20. The summed E-state index contributed by atoms with van der Waals surface area (Å²) in [7, 11) is -1.97. The Bertz CT molecular complexity index is 724. The molecule has 0 radical (unpaired) electrons. The molecular formula is C16H22N2O4S. The summed E-state index contributed by atoms with van der Waals surface area (Å²) < 4.78 is 27.4. The number of anilines is 1. The van der Waals surface area contributed by atoms with E-state index in [-0.39, 0.29) is 17.3 Å². The van der Waals surface area contributed by atoms with E-state index >= 15 is 0 Å². The van der Waals surface area contributed by atoms with E-state index in [0.29, 0.717) is 25.7 Å². The van der Waals surface area contributed by atoms with E-state index in [1.54, 1.807) is 24.1 Å². The van der Waals surface area contributed by atoms with Crippen LogP contribution in [-0.4, -0.2) is 38.6 Å². The predicted molar refractivity (Wildman–Crippen MR) is 86.8 cm³/mol. The SMILES string of the molecule is CN1C(=O)CCc2cc(S(=O)(=O)NCC3(O)CCCC3)ccc21. The molecule has 0 unspecified atom stereocenters. The van der Waals surface area contributed by atoms with Crippen molar-refractivity contribution in [3.05, 3.63) is 23.8 Å². The number of nitrogens with zero attached hydrogens (tertiary/aromatic N) is 1. The van der Waals surface area contributed by atoms with Crippen molar-refractivity contribution in [2.45, 2.75) is 49.0 Å². The van der Waals surface area contributed by atoms with Crippen molar-refractivity contribution in [1.82, 2.24) is 4.72 Å². The highest BCUT2D eigenvalue weighted by molar-refractivity contribution is 7.89. The average Bonchev–Trinajstić information content (AvgIpc) is 2.96. The standard InChI is InChI=1S/C16H22N2O4S/c1-18-14-6-5-13(10-12(14)4-7-15(18)19)23(21,22)17-11-16(20)8-2-3-9-16/h5-6,10,17,20H,2-4,7-9,11H2,1H3. The summed E-state index contributed by atoms with van der Waals surface area (Å²) in [5, 5.41) is 10.3. The van der Waals surface area contributed by atoms with Crippen molar-refractivity contribution >= 4 is 21.6 Å². The summed E-state index contributed by atoms with van der Waals surface area (Å²) in [6.07, 6.45) is 4.06. The van der Waals surface area contributed by atoms with Gasteiger partial charge >= 0.3 is 0 Å². The molecule has 6 nitrogen and oxygen atoms in total. The van der Waals surface area contributed by atoms with Crippen LogP contribution in [0.3, 0.4) is 0 Å². The number of carbonyl (C=O) groups excluding carboxylic acids is 1. The van der Waals surface area contributed by atoms with Crippen LogP contribution in [0.15, 0.2) is 23.1 Å². The maximum absolute atomic E-state index is 12.5. The summed E-state index contributed by atoms with van der Waals surface area (Å²) in [4.78, 5) is 13.4. The summed E-state index contributed by atoms with van der Waals surface area (Å²) >= 11 is 0. The Morgan fingerprint density at radius 1 is 1.26 bits per heavy atom. The highest BCUT2D eigenvalue weighted by Gasteiger charge is 2.33. The summed E-state index contributed by atoms with van der Waals surface area (Å²) in [6, 6.07) is 4.81. The van der Waals surface area contributed by atoms with Crippen molar-refractivity contribution in [1.29, 1.82) is 0 Å². The Labute approximate surface area is 136 Å². The maximum Gasteiger partial charge on any atom is 0.240 e. The minimum atomic E-state index is -3.66. The van der Waals surface area contributed by atoms with Gasteiger partial charge in [0.15, 0.2) is 0 Å². The molecule has 23 heavy (non-hydrogen) atoms. The number of benzene rings is 1. The van der Waals surface area contributed by atoms with Crippen LogP contribution in [0.25, 0.3) is 0 Å². The molecule has 1 aliphatic heterocycles. The van der Waals surface area contributed by atoms with Crippen molar-refractivity contribution in [2.75, 3.05) is 18.5 Å². The van der Waals surface area contributed by atoms with Gasteiger partial charge in [-0.3, -0.25) is 4.79 Å². The van der Waals surface area contributed by atoms with Gasteiger partial charge in [-0.25, -0.2) is 13.1 Å². The van der Waals surface area contributed by atoms with Crippen LogP contribution in [0.4, 0.5) is 5.69 Å². The smallest absolute Gasteiger partial charge is 0.240 e. The number of aryl methyl sites for hydroxylation is 1. The second kappa shape index (κ2) is 5.89. The Morgan fingerprint density at radius 3 is 2.65 bits per heavy atom. The number of aliphatic hydroxyl groups is 1. The van der Waals surface area contributed by atoms with Crippen LogP contribution in [0, 0.1) is 0 Å². The molecule has 1 aromatic rings. The van der Waals surface area contributed by atoms with E-state index in [2.05, 4.69) is 4.72 Å². The van der Waals surface area contributed by atoms with Crippen molar-refractivity contribution in [3.8, 4) is 0 Å². The number of rotatable bonds is 4. The summed E-state index contributed by atoms with van der Waals surface area (Å²) in [5.41, 5.74) is 0.692. The predicted octanol–water partition coefficient (Wildman–Crippen LogP) is 1.18. The molecule has 0 aromatic heterocycles. The van der Waals surface area contributed by atoms with E-state index in [1.807, 2.05) is 0 Å². The molecule has 126 valence electrons. The minimum absolute atomic E-state index is 0.0367. The Balaban J connectivity index is 1.79. The molecule has 0 atom stereocenters. The average molecular weight is 338 g/mol. The minimum Gasteiger partial charge on any atom is -0.389 e. The number of fused-ring (bicyclic) bond motifs is 1. The Morgan fingerprint density at radius 2 is 1.96 bits per heavy atom. The lowest BCUT2D eigenvalue weighted by Crippen LogP contribution is -2.40. The Hall–Kier alpha value is -1.44. The van der Waals surface area contributed by atoms with Gasteiger partial charge in [-0.05, 0) is 43.0 Å². The largest absolute Gasteiger partial charge is 0.389 e. The van der Waals surface area contributed by atoms with Crippen LogP contribution in [-0.2, 0) is 21.2 Å². The van der Waals surface area contributed by atoms with Crippen LogP contribution in [0.1, 0.15) is 37.7 Å². The molecule has 1 amide bonds. The van der Waals surface area contributed by atoms with Crippen molar-refractivity contribution < 1.29 is 18.3 Å². The zero-order valence-electron chi connectivity index (χ0n) is 13.2. The number of hydrogen-bond donors (Lipinski definition) is 2. The van der Waals surface area contributed by atoms with E-state index in [9.17, 15) is 18.3 Å². The van der Waals surface area contributed by atoms with Gasteiger partial charge in [-0.1, -0.05) is 12.8 Å². The molecule has 0 bridgehead atoms. The second-order valence-electron chi connectivity index (χ2n) is 6.50. The van der Waals surface area contributed by atoms with Crippen molar-refractivity contribution in [3.63, 3.8) is 0 Å². The molecule has 1 aromatic carbocycles. The van der Waals surface area contributed by atoms with E-state index in [4.69, 9.17) is 0 Å². The third kappa shape index (κ3) is 3.27. The molecular weight excluding hydrogens is 316 g/mol. The summed E-state index contributed by atoms with van der Waals surface area (Å²) in [5.74, 6) is 0.0367. The fourth-order valence-corrected chi connectivity index (χ4v) is 4.49. The van der Waals surface area contributed by atoms with E-state index in [1.165, 1.54) is 6.07 Å². The zero-order chi connectivity index (χ0) is 16.7. The van der Waals surface area contributed by atoms with Gasteiger partial charge in [-0.15, -0.1) is 0 Å². The molecule has 1 fully saturated rings. The van der Waals surface area contributed by atoms with Crippen LogP contribution < -0.4 is 9.62 Å². The van der Waals surface area contributed by atoms with Gasteiger partial charge < -0.3 is 10.0 Å². The third-order valence-corrected chi connectivity index (χ3v) is 6.23. The summed E-state index contributed by atoms with van der Waals surface area (Å²) in [6.45, 7) is 0.0464. The molecule has 0 saturated heterocycles. The monoisotopic (exact) mass is 338 g/mol. The van der Waals surface area contributed by atoms with Gasteiger partial charge in [-0.2, -0.15) is 0 Å². The van der Waals surface area contributed by atoms with Gasteiger partial charge in [0.2, 0.25) is 15.9 Å². The number of carbonyl (C=O) groups is 1. The number of amides is 1. The quantitative estimate of drug-likeness (QED) is 0.863. The normalized spacial score (nSPS) is 20.6. The van der Waals surface area contributed by atoms with Gasteiger partial charge in [0.05, 0.1) is 10.5 Å². The molecule has 3 rings (SSSR count). The molecule has 1 aliphatic carbocycles. The number of nitrogens with one attached hydrogen (secondary N) is 1. The molecule has 1 saturated carbocycles. The van der Waals surface area contributed by atoms with Gasteiger partial charge in [0, 0.05) is 25.7 Å². The van der Waals surface area contributed by atoms with Crippen molar-refractivity contribution in [2.24, 2.45) is 0 Å². The molecule has 0 spiro atoms. The second-order valence-corrected chi connectivity index (χ2v) is 8.27. The lowest BCUT2D eigenvalue weighted by molar-refractivity contribution is -0.118. The maximum atomic E-state index is 12.5. The molecule has 7 heteroatoms. The number of sulfonamides is 1. The fraction of sp³-hybridized carbons (Fsp3) is 0.562.